The molecular weight excluding hydrogens is 374 g/mol. The summed E-state index contributed by atoms with van der Waals surface area (Å²) >= 11 is 0. The van der Waals surface area contributed by atoms with E-state index in [0.29, 0.717) is 11.1 Å². The molecule has 0 aliphatic heterocycles. The molecule has 0 bridgehead atoms. The van der Waals surface area contributed by atoms with E-state index < -0.39 is 33.8 Å². The molecule has 0 heterocycles. The molecule has 27 heavy (non-hydrogen) atoms. The molecule has 2 aromatic rings. The van der Waals surface area contributed by atoms with Crippen molar-refractivity contribution in [2.75, 3.05) is 12.4 Å². The van der Waals surface area contributed by atoms with E-state index >= 15 is 0 Å². The van der Waals surface area contributed by atoms with E-state index in [1.807, 2.05) is 6.07 Å². The highest BCUT2D eigenvalue weighted by atomic mass is 32.2. The second-order valence-corrected chi connectivity index (χ2v) is 7.09. The second kappa shape index (κ2) is 8.65. The highest BCUT2D eigenvalue weighted by molar-refractivity contribution is 7.85. The Bertz CT molecular complexity index is 926. The zero-order chi connectivity index (χ0) is 20.0. The lowest BCUT2D eigenvalue weighted by molar-refractivity contribution is -0.138. The van der Waals surface area contributed by atoms with Gasteiger partial charge in [-0.1, -0.05) is 42.5 Å². The van der Waals surface area contributed by atoms with E-state index in [4.69, 9.17) is 14.4 Å². The number of hydrogen-bond donors (Lipinski definition) is 3. The molecule has 0 saturated carbocycles. The minimum atomic E-state index is -4.61. The van der Waals surface area contributed by atoms with Crippen LogP contribution in [0.5, 0.6) is 5.75 Å². The first-order chi connectivity index (χ1) is 12.7. The molecule has 0 fully saturated rings. The zero-order valence-corrected chi connectivity index (χ0v) is 15.3. The fraction of sp³-hybridized carbons (Fsp3) is 0.222. The van der Waals surface area contributed by atoms with Crippen molar-refractivity contribution < 1.29 is 32.4 Å². The maximum atomic E-state index is 12.8. The highest BCUT2D eigenvalue weighted by Crippen LogP contribution is 2.31. The van der Waals surface area contributed by atoms with Gasteiger partial charge in [0, 0.05) is 0 Å². The molecule has 1 atom stereocenters. The smallest absolute Gasteiger partial charge is 0.327 e. The second-order valence-electron chi connectivity index (χ2n) is 5.59. The Kier molecular flexibility index (Phi) is 6.54. The van der Waals surface area contributed by atoms with Crippen LogP contribution >= 0.6 is 0 Å². The van der Waals surface area contributed by atoms with E-state index in [0.717, 1.165) is 0 Å². The number of carbonyl (C=O) groups excluding carboxylic acids is 1. The number of ether oxygens (including phenoxy) is 1. The van der Waals surface area contributed by atoms with Gasteiger partial charge in [0.2, 0.25) is 0 Å². The zero-order valence-electron chi connectivity index (χ0n) is 14.5. The summed E-state index contributed by atoms with van der Waals surface area (Å²) in [5.41, 5.74) is 1.27. The van der Waals surface area contributed by atoms with Crippen molar-refractivity contribution in [1.82, 2.24) is 5.32 Å². The summed E-state index contributed by atoms with van der Waals surface area (Å²) in [6.45, 7) is 2.00. The summed E-state index contributed by atoms with van der Waals surface area (Å²) in [5.74, 6) is -3.33. The molecule has 0 aromatic heterocycles. The van der Waals surface area contributed by atoms with Crippen molar-refractivity contribution >= 4 is 22.0 Å². The van der Waals surface area contributed by atoms with Crippen molar-refractivity contribution in [2.45, 2.75) is 13.0 Å². The molecule has 0 radical (unpaired) electrons. The minimum absolute atomic E-state index is 0.0761. The van der Waals surface area contributed by atoms with E-state index in [2.05, 4.69) is 5.32 Å². The largest absolute Gasteiger partial charge is 0.493 e. The average molecular weight is 393 g/mol. The van der Waals surface area contributed by atoms with Crippen LogP contribution in [0.3, 0.4) is 0 Å². The molecule has 2 aromatic carbocycles. The predicted molar refractivity (Wildman–Crippen MR) is 98.4 cm³/mol. The number of nitrogens with one attached hydrogen (secondary N) is 1. The predicted octanol–water partition coefficient (Wildman–Crippen LogP) is 1.82. The molecule has 2 rings (SSSR count). The van der Waals surface area contributed by atoms with E-state index in [1.54, 1.807) is 49.4 Å². The molecule has 0 spiro atoms. The Balaban J connectivity index is 2.48. The summed E-state index contributed by atoms with van der Waals surface area (Å²) in [4.78, 5) is 24.1. The summed E-state index contributed by atoms with van der Waals surface area (Å²) in [7, 11) is -4.61. The van der Waals surface area contributed by atoms with Crippen LogP contribution in [0, 0.1) is 0 Å². The van der Waals surface area contributed by atoms with E-state index in [-0.39, 0.29) is 17.9 Å². The van der Waals surface area contributed by atoms with Crippen LogP contribution in [-0.2, 0) is 14.9 Å². The van der Waals surface area contributed by atoms with Crippen LogP contribution in [0.4, 0.5) is 0 Å². The first-order valence-corrected chi connectivity index (χ1v) is 9.64. The molecule has 0 aliphatic carbocycles. The maximum absolute atomic E-state index is 12.8. The van der Waals surface area contributed by atoms with Crippen LogP contribution in [0.15, 0.2) is 48.5 Å². The van der Waals surface area contributed by atoms with Crippen molar-refractivity contribution in [3.8, 4) is 16.9 Å². The monoisotopic (exact) mass is 393 g/mol. The van der Waals surface area contributed by atoms with E-state index in [1.165, 1.54) is 0 Å². The quantitative estimate of drug-likeness (QED) is 0.583. The Morgan fingerprint density at radius 2 is 1.78 bits per heavy atom. The third-order valence-electron chi connectivity index (χ3n) is 3.62. The topological polar surface area (TPSA) is 130 Å². The Labute approximate surface area is 156 Å². The highest BCUT2D eigenvalue weighted by Gasteiger charge is 2.28. The summed E-state index contributed by atoms with van der Waals surface area (Å²) in [6, 6.07) is 12.0. The summed E-state index contributed by atoms with van der Waals surface area (Å²) in [5, 5.41) is 11.3. The van der Waals surface area contributed by atoms with Gasteiger partial charge in [0.15, 0.2) is 0 Å². The van der Waals surface area contributed by atoms with Gasteiger partial charge >= 0.3 is 5.97 Å². The van der Waals surface area contributed by atoms with Gasteiger partial charge in [-0.15, -0.1) is 0 Å². The molecule has 0 aliphatic rings. The average Bonchev–Trinajstić information content (AvgIpc) is 2.60. The van der Waals surface area contributed by atoms with Gasteiger partial charge in [0.05, 0.1) is 12.2 Å². The van der Waals surface area contributed by atoms with Crippen LogP contribution in [0.1, 0.15) is 17.3 Å². The normalized spacial score (nSPS) is 12.2. The molecule has 1 amide bonds. The number of amides is 1. The van der Waals surface area contributed by atoms with Crippen LogP contribution in [-0.4, -0.2) is 48.4 Å². The third kappa shape index (κ3) is 5.53. The molecule has 8 nitrogen and oxygen atoms in total. The van der Waals surface area contributed by atoms with Crippen molar-refractivity contribution in [3.05, 3.63) is 54.1 Å². The fourth-order valence-corrected chi connectivity index (χ4v) is 3.16. The molecule has 9 heteroatoms. The Morgan fingerprint density at radius 1 is 1.11 bits per heavy atom. The van der Waals surface area contributed by atoms with Crippen molar-refractivity contribution in [1.29, 1.82) is 0 Å². The molecule has 3 N–H and O–H groups in total. The number of carbonyl (C=O) groups is 2. The molecular formula is C18H19NO7S. The molecule has 0 unspecified atom stereocenters. The number of benzene rings is 2. The van der Waals surface area contributed by atoms with Crippen molar-refractivity contribution in [3.63, 3.8) is 0 Å². The lowest BCUT2D eigenvalue weighted by Crippen LogP contribution is -2.45. The van der Waals surface area contributed by atoms with Crippen LogP contribution in [0.25, 0.3) is 11.1 Å². The lowest BCUT2D eigenvalue weighted by atomic mass is 9.98. The maximum Gasteiger partial charge on any atom is 0.327 e. The molecule has 144 valence electrons. The SMILES string of the molecule is CCOc1cccc(-c2ccccc2)c1C(=O)N[C@@H](CS(=O)(=O)O)C(=O)O. The number of hydrogen-bond acceptors (Lipinski definition) is 5. The number of carboxylic acid groups (broad SMARTS) is 1. The first-order valence-electron chi connectivity index (χ1n) is 8.03. The Hall–Kier alpha value is -2.91. The van der Waals surface area contributed by atoms with Gasteiger partial charge in [0.1, 0.15) is 17.5 Å². The summed E-state index contributed by atoms with van der Waals surface area (Å²) in [6.07, 6.45) is 0. The minimum Gasteiger partial charge on any atom is -0.493 e. The third-order valence-corrected chi connectivity index (χ3v) is 4.37. The first kappa shape index (κ1) is 20.4. The standard InChI is InChI=1S/C18H19NO7S/c1-2-26-15-10-6-9-13(12-7-4-3-5-8-12)16(15)17(20)19-14(18(21)22)11-27(23,24)25/h3-10,14H,2,11H2,1H3,(H,19,20)(H,21,22)(H,23,24,25)/t14-/m0/s1. The number of rotatable bonds is 8. The molecule has 0 saturated heterocycles. The van der Waals surface area contributed by atoms with Crippen LogP contribution < -0.4 is 10.1 Å². The number of carboxylic acids is 1. The van der Waals surface area contributed by atoms with Gasteiger partial charge in [-0.2, -0.15) is 8.42 Å². The van der Waals surface area contributed by atoms with Crippen molar-refractivity contribution in [2.24, 2.45) is 0 Å². The summed E-state index contributed by atoms with van der Waals surface area (Å²) < 4.78 is 36.5. The lowest BCUT2D eigenvalue weighted by Gasteiger charge is -2.18. The van der Waals surface area contributed by atoms with Gasteiger partial charge < -0.3 is 15.2 Å². The van der Waals surface area contributed by atoms with Gasteiger partial charge in [-0.3, -0.25) is 9.35 Å². The fourth-order valence-electron chi connectivity index (χ4n) is 2.52. The van der Waals surface area contributed by atoms with Gasteiger partial charge in [-0.25, -0.2) is 4.79 Å². The van der Waals surface area contributed by atoms with E-state index in [9.17, 15) is 18.0 Å². The number of aliphatic carboxylic acids is 1. The van der Waals surface area contributed by atoms with Gasteiger partial charge in [-0.05, 0) is 24.1 Å². The Morgan fingerprint density at radius 3 is 2.33 bits per heavy atom. The van der Waals surface area contributed by atoms with Crippen LogP contribution in [0.2, 0.25) is 0 Å². The van der Waals surface area contributed by atoms with Gasteiger partial charge in [0.25, 0.3) is 16.0 Å².